The number of nitro benzene ring substituents is 1. The first-order valence-corrected chi connectivity index (χ1v) is 5.82. The Balaban J connectivity index is 2.32. The molecule has 0 fully saturated rings. The van der Waals surface area contributed by atoms with E-state index >= 15 is 0 Å². The number of carbonyl (C=O) groups is 1. The van der Waals surface area contributed by atoms with Gasteiger partial charge in [0, 0.05) is 18.3 Å². The van der Waals surface area contributed by atoms with Gasteiger partial charge in [0.25, 0.3) is 11.6 Å². The molecule has 0 bridgehead atoms. The molecule has 102 valence electrons. The Bertz CT molecular complexity index is 690. The van der Waals surface area contributed by atoms with Crippen LogP contribution in [0.2, 0.25) is 5.02 Å². The number of benzene rings is 1. The second kappa shape index (κ2) is 5.54. The molecule has 0 unspecified atom stereocenters. The highest BCUT2D eigenvalue weighted by Crippen LogP contribution is 2.23. The molecule has 20 heavy (non-hydrogen) atoms. The van der Waals surface area contributed by atoms with Crippen LogP contribution in [0.4, 0.5) is 17.2 Å². The normalized spacial score (nSPS) is 10.1. The molecule has 0 saturated heterocycles. The van der Waals surface area contributed by atoms with Gasteiger partial charge in [-0.15, -0.1) is 0 Å². The minimum absolute atomic E-state index is 0.0223. The van der Waals surface area contributed by atoms with Crippen molar-refractivity contribution in [1.29, 1.82) is 0 Å². The number of aromatic nitrogens is 1. The summed E-state index contributed by atoms with van der Waals surface area (Å²) in [5.41, 5.74) is 5.67. The predicted molar refractivity (Wildman–Crippen MR) is 74.7 cm³/mol. The van der Waals surface area contributed by atoms with Crippen LogP contribution >= 0.6 is 11.6 Å². The first kappa shape index (κ1) is 13.8. The van der Waals surface area contributed by atoms with E-state index in [0.29, 0.717) is 0 Å². The summed E-state index contributed by atoms with van der Waals surface area (Å²) in [6, 6.07) is 6.78. The lowest BCUT2D eigenvalue weighted by Crippen LogP contribution is -2.15. The van der Waals surface area contributed by atoms with Crippen molar-refractivity contribution in [2.45, 2.75) is 0 Å². The van der Waals surface area contributed by atoms with Crippen molar-refractivity contribution in [2.75, 3.05) is 11.1 Å². The van der Waals surface area contributed by atoms with Crippen LogP contribution in [0.5, 0.6) is 0 Å². The molecule has 0 aliphatic heterocycles. The SMILES string of the molecule is Nc1cccnc1NC(=O)c1cc([N+](=O)[O-])ccc1Cl. The Kier molecular flexibility index (Phi) is 3.81. The molecule has 0 saturated carbocycles. The largest absolute Gasteiger partial charge is 0.396 e. The summed E-state index contributed by atoms with van der Waals surface area (Å²) in [6.45, 7) is 0. The van der Waals surface area contributed by atoms with Crippen molar-refractivity contribution in [3.63, 3.8) is 0 Å². The molecule has 0 aliphatic rings. The van der Waals surface area contributed by atoms with Crippen LogP contribution in [0.1, 0.15) is 10.4 Å². The number of nitrogen functional groups attached to an aromatic ring is 1. The van der Waals surface area contributed by atoms with Crippen LogP contribution in [0.15, 0.2) is 36.5 Å². The van der Waals surface area contributed by atoms with Gasteiger partial charge in [0.05, 0.1) is 21.2 Å². The highest BCUT2D eigenvalue weighted by atomic mass is 35.5. The summed E-state index contributed by atoms with van der Waals surface area (Å²) in [7, 11) is 0. The van der Waals surface area contributed by atoms with Crippen molar-refractivity contribution in [3.8, 4) is 0 Å². The number of nitrogens with zero attached hydrogens (tertiary/aromatic N) is 2. The molecule has 1 heterocycles. The average Bonchev–Trinajstić information content (AvgIpc) is 2.41. The number of pyridine rings is 1. The Morgan fingerprint density at radius 3 is 2.80 bits per heavy atom. The van der Waals surface area contributed by atoms with Gasteiger partial charge in [0.2, 0.25) is 0 Å². The van der Waals surface area contributed by atoms with E-state index < -0.39 is 10.8 Å². The number of anilines is 2. The maximum Gasteiger partial charge on any atom is 0.270 e. The minimum atomic E-state index is -0.621. The lowest BCUT2D eigenvalue weighted by Gasteiger charge is -2.07. The molecule has 0 atom stereocenters. The van der Waals surface area contributed by atoms with Crippen LogP contribution < -0.4 is 11.1 Å². The van der Waals surface area contributed by atoms with E-state index in [9.17, 15) is 14.9 Å². The van der Waals surface area contributed by atoms with E-state index in [1.165, 1.54) is 18.3 Å². The van der Waals surface area contributed by atoms with Gasteiger partial charge >= 0.3 is 0 Å². The number of non-ortho nitro benzene ring substituents is 1. The quantitative estimate of drug-likeness (QED) is 0.667. The molecule has 7 nitrogen and oxygen atoms in total. The Morgan fingerprint density at radius 2 is 2.15 bits per heavy atom. The fourth-order valence-electron chi connectivity index (χ4n) is 1.50. The lowest BCUT2D eigenvalue weighted by molar-refractivity contribution is -0.384. The Morgan fingerprint density at radius 1 is 1.40 bits per heavy atom. The molecule has 3 N–H and O–H groups in total. The van der Waals surface area contributed by atoms with Crippen molar-refractivity contribution < 1.29 is 9.72 Å². The molecule has 2 aromatic rings. The lowest BCUT2D eigenvalue weighted by atomic mass is 10.2. The van der Waals surface area contributed by atoms with Crippen molar-refractivity contribution >= 4 is 34.7 Å². The number of carbonyl (C=O) groups excluding carboxylic acids is 1. The van der Waals surface area contributed by atoms with Gasteiger partial charge in [-0.3, -0.25) is 14.9 Å². The fraction of sp³-hybridized carbons (Fsp3) is 0. The zero-order valence-electron chi connectivity index (χ0n) is 10.0. The molecule has 8 heteroatoms. The number of nitro groups is 1. The second-order valence-corrected chi connectivity index (χ2v) is 4.22. The number of nitrogens with one attached hydrogen (secondary N) is 1. The van der Waals surface area contributed by atoms with Gasteiger partial charge in [0.1, 0.15) is 0 Å². The predicted octanol–water partition coefficient (Wildman–Crippen LogP) is 2.48. The summed E-state index contributed by atoms with van der Waals surface area (Å²) >= 11 is 5.87. The van der Waals surface area contributed by atoms with E-state index in [2.05, 4.69) is 10.3 Å². The number of halogens is 1. The zero-order valence-corrected chi connectivity index (χ0v) is 10.8. The highest BCUT2D eigenvalue weighted by Gasteiger charge is 2.16. The van der Waals surface area contributed by atoms with Gasteiger partial charge in [0.15, 0.2) is 5.82 Å². The molecule has 0 radical (unpaired) electrons. The van der Waals surface area contributed by atoms with E-state index in [-0.39, 0.29) is 27.8 Å². The van der Waals surface area contributed by atoms with Crippen LogP contribution in [0.3, 0.4) is 0 Å². The molecule has 2 rings (SSSR count). The van der Waals surface area contributed by atoms with E-state index in [1.54, 1.807) is 12.1 Å². The van der Waals surface area contributed by atoms with Crippen LogP contribution in [0.25, 0.3) is 0 Å². The smallest absolute Gasteiger partial charge is 0.270 e. The van der Waals surface area contributed by atoms with Gasteiger partial charge in [-0.1, -0.05) is 11.6 Å². The number of hydrogen-bond donors (Lipinski definition) is 2. The minimum Gasteiger partial charge on any atom is -0.396 e. The van der Waals surface area contributed by atoms with Crippen LogP contribution in [0, 0.1) is 10.1 Å². The molecule has 1 amide bonds. The molecule has 0 aliphatic carbocycles. The maximum atomic E-state index is 12.0. The topological polar surface area (TPSA) is 111 Å². The van der Waals surface area contributed by atoms with E-state index in [4.69, 9.17) is 17.3 Å². The summed E-state index contributed by atoms with van der Waals surface area (Å²) < 4.78 is 0. The van der Waals surface area contributed by atoms with E-state index in [0.717, 1.165) is 6.07 Å². The Hall–Kier alpha value is -2.67. The van der Waals surface area contributed by atoms with Crippen molar-refractivity contribution in [1.82, 2.24) is 4.98 Å². The monoisotopic (exact) mass is 292 g/mol. The molecular weight excluding hydrogens is 284 g/mol. The second-order valence-electron chi connectivity index (χ2n) is 3.82. The zero-order chi connectivity index (χ0) is 14.7. The third-order valence-electron chi connectivity index (χ3n) is 2.48. The summed E-state index contributed by atoms with van der Waals surface area (Å²) in [4.78, 5) is 26.0. The van der Waals surface area contributed by atoms with Gasteiger partial charge < -0.3 is 11.1 Å². The summed E-state index contributed by atoms with van der Waals surface area (Å²) in [6.07, 6.45) is 1.46. The average molecular weight is 293 g/mol. The standard InChI is InChI=1S/C12H9ClN4O3/c13-9-4-3-7(17(19)20)6-8(9)12(18)16-11-10(14)2-1-5-15-11/h1-6H,14H2,(H,15,16,18). The first-order chi connectivity index (χ1) is 9.49. The number of amides is 1. The molecule has 1 aromatic carbocycles. The van der Waals surface area contributed by atoms with Gasteiger partial charge in [-0.2, -0.15) is 0 Å². The molecule has 1 aromatic heterocycles. The van der Waals surface area contributed by atoms with Gasteiger partial charge in [-0.25, -0.2) is 4.98 Å². The fourth-order valence-corrected chi connectivity index (χ4v) is 1.70. The molecule has 0 spiro atoms. The van der Waals surface area contributed by atoms with Crippen molar-refractivity contribution in [2.24, 2.45) is 0 Å². The molecular formula is C12H9ClN4O3. The Labute approximate surface area is 118 Å². The third-order valence-corrected chi connectivity index (χ3v) is 2.81. The third kappa shape index (κ3) is 2.83. The summed E-state index contributed by atoms with van der Waals surface area (Å²) in [5.74, 6) is -0.454. The van der Waals surface area contributed by atoms with Crippen molar-refractivity contribution in [3.05, 3.63) is 57.2 Å². The van der Waals surface area contributed by atoms with Crippen LogP contribution in [-0.4, -0.2) is 15.8 Å². The van der Waals surface area contributed by atoms with E-state index in [1.807, 2.05) is 0 Å². The van der Waals surface area contributed by atoms with Gasteiger partial charge in [-0.05, 0) is 18.2 Å². The van der Waals surface area contributed by atoms with Crippen LogP contribution in [-0.2, 0) is 0 Å². The number of rotatable bonds is 3. The first-order valence-electron chi connectivity index (χ1n) is 5.45. The number of nitrogens with two attached hydrogens (primary N) is 1. The summed E-state index contributed by atoms with van der Waals surface area (Å²) in [5, 5.41) is 13.2. The number of hydrogen-bond acceptors (Lipinski definition) is 5. The maximum absolute atomic E-state index is 12.0. The highest BCUT2D eigenvalue weighted by molar-refractivity contribution is 6.34.